The van der Waals surface area contributed by atoms with Crippen LogP contribution in [0.2, 0.25) is 0 Å². The molecule has 2 N–H and O–H groups in total. The molecule has 0 aliphatic carbocycles. The quantitative estimate of drug-likeness (QED) is 0.267. The van der Waals surface area contributed by atoms with Gasteiger partial charge in [-0.05, 0) is 56.0 Å². The van der Waals surface area contributed by atoms with Crippen molar-refractivity contribution < 1.29 is 14.2 Å². The average molecular weight is 435 g/mol. The van der Waals surface area contributed by atoms with Gasteiger partial charge in [-0.2, -0.15) is 0 Å². The van der Waals surface area contributed by atoms with Crippen LogP contribution >= 0.6 is 0 Å². The molecule has 0 aromatic heterocycles. The standard InChI is InChI=1S/C24H42N4O3/c1-4-28(5-2)14-18-31-23-9-7-21(8-10-23)19-27-24(25-3)26-13-6-15-30-20-22-11-16-29-17-12-22/h7-10,22H,4-6,11-20H2,1-3H3,(H2,25,26,27). The number of likely N-dealkylation sites (N-methyl/N-ethyl adjacent to an activating group) is 1. The Hall–Kier alpha value is -1.83. The normalized spacial score (nSPS) is 15.3. The van der Waals surface area contributed by atoms with Crippen LogP contribution < -0.4 is 15.4 Å². The summed E-state index contributed by atoms with van der Waals surface area (Å²) in [6.07, 6.45) is 3.21. The van der Waals surface area contributed by atoms with Crippen molar-refractivity contribution in [2.75, 3.05) is 66.3 Å². The first-order valence-corrected chi connectivity index (χ1v) is 11.8. The Morgan fingerprint density at radius 1 is 1.10 bits per heavy atom. The number of rotatable bonds is 14. The minimum atomic E-state index is 0.662. The monoisotopic (exact) mass is 434 g/mol. The minimum Gasteiger partial charge on any atom is -0.492 e. The van der Waals surface area contributed by atoms with Gasteiger partial charge < -0.3 is 29.7 Å². The van der Waals surface area contributed by atoms with Crippen molar-refractivity contribution in [2.45, 2.75) is 39.7 Å². The zero-order valence-corrected chi connectivity index (χ0v) is 19.7. The van der Waals surface area contributed by atoms with Gasteiger partial charge in [0.05, 0.1) is 0 Å². The zero-order chi connectivity index (χ0) is 22.2. The highest BCUT2D eigenvalue weighted by Gasteiger charge is 2.13. The maximum absolute atomic E-state index is 5.85. The van der Waals surface area contributed by atoms with Crippen molar-refractivity contribution >= 4 is 5.96 Å². The van der Waals surface area contributed by atoms with Crippen molar-refractivity contribution in [2.24, 2.45) is 10.9 Å². The van der Waals surface area contributed by atoms with E-state index in [0.717, 1.165) is 90.1 Å². The molecule has 7 heteroatoms. The lowest BCUT2D eigenvalue weighted by atomic mass is 10.0. The highest BCUT2D eigenvalue weighted by Crippen LogP contribution is 2.14. The Labute approximate surface area is 188 Å². The van der Waals surface area contributed by atoms with E-state index in [4.69, 9.17) is 14.2 Å². The van der Waals surface area contributed by atoms with Gasteiger partial charge in [-0.15, -0.1) is 0 Å². The van der Waals surface area contributed by atoms with E-state index in [0.29, 0.717) is 12.5 Å². The van der Waals surface area contributed by atoms with Crippen LogP contribution in [0.25, 0.3) is 0 Å². The molecule has 0 radical (unpaired) electrons. The maximum Gasteiger partial charge on any atom is 0.191 e. The molecule has 1 aliphatic heterocycles. The predicted molar refractivity (Wildman–Crippen MR) is 127 cm³/mol. The number of nitrogens with one attached hydrogen (secondary N) is 2. The van der Waals surface area contributed by atoms with Gasteiger partial charge in [0.1, 0.15) is 12.4 Å². The van der Waals surface area contributed by atoms with Gasteiger partial charge in [0.25, 0.3) is 0 Å². The van der Waals surface area contributed by atoms with E-state index in [1.165, 1.54) is 5.56 Å². The predicted octanol–water partition coefficient (Wildman–Crippen LogP) is 2.91. The van der Waals surface area contributed by atoms with E-state index >= 15 is 0 Å². The second-order valence-corrected chi connectivity index (χ2v) is 7.86. The van der Waals surface area contributed by atoms with Crippen LogP contribution in [0.4, 0.5) is 0 Å². The lowest BCUT2D eigenvalue weighted by Gasteiger charge is -2.21. The summed E-state index contributed by atoms with van der Waals surface area (Å²) in [7, 11) is 1.80. The van der Waals surface area contributed by atoms with Gasteiger partial charge in [-0.3, -0.25) is 4.99 Å². The van der Waals surface area contributed by atoms with Gasteiger partial charge in [0.15, 0.2) is 5.96 Å². The molecule has 1 saturated heterocycles. The Bertz CT molecular complexity index is 599. The molecule has 0 bridgehead atoms. The first-order chi connectivity index (χ1) is 15.2. The number of guanidine groups is 1. The molecule has 1 aromatic rings. The van der Waals surface area contributed by atoms with Crippen molar-refractivity contribution in [1.29, 1.82) is 0 Å². The van der Waals surface area contributed by atoms with E-state index in [-0.39, 0.29) is 0 Å². The fourth-order valence-electron chi connectivity index (χ4n) is 3.49. The number of hydrogen-bond donors (Lipinski definition) is 2. The third kappa shape index (κ3) is 10.8. The van der Waals surface area contributed by atoms with Crippen LogP contribution in [0.3, 0.4) is 0 Å². The highest BCUT2D eigenvalue weighted by atomic mass is 16.5. The Balaban J connectivity index is 1.55. The van der Waals surface area contributed by atoms with Gasteiger partial charge in [-0.25, -0.2) is 0 Å². The summed E-state index contributed by atoms with van der Waals surface area (Å²) in [6.45, 7) is 13.1. The van der Waals surface area contributed by atoms with Gasteiger partial charge in [0.2, 0.25) is 0 Å². The summed E-state index contributed by atoms with van der Waals surface area (Å²) < 4.78 is 17.0. The fraction of sp³-hybridized carbons (Fsp3) is 0.708. The Kier molecular flexibility index (Phi) is 13.0. The molecule has 31 heavy (non-hydrogen) atoms. The lowest BCUT2D eigenvalue weighted by Crippen LogP contribution is -2.37. The molecule has 176 valence electrons. The van der Waals surface area contributed by atoms with Crippen LogP contribution in [-0.2, 0) is 16.0 Å². The molecule has 7 nitrogen and oxygen atoms in total. The molecule has 0 atom stereocenters. The lowest BCUT2D eigenvalue weighted by molar-refractivity contribution is 0.0203. The summed E-state index contributed by atoms with van der Waals surface area (Å²) >= 11 is 0. The summed E-state index contributed by atoms with van der Waals surface area (Å²) in [5, 5.41) is 6.71. The smallest absolute Gasteiger partial charge is 0.191 e. The summed E-state index contributed by atoms with van der Waals surface area (Å²) in [4.78, 5) is 6.65. The molecule has 0 amide bonds. The van der Waals surface area contributed by atoms with E-state index in [2.05, 4.69) is 46.5 Å². The summed E-state index contributed by atoms with van der Waals surface area (Å²) in [5.74, 6) is 2.39. The molecule has 0 saturated carbocycles. The Morgan fingerprint density at radius 3 is 2.52 bits per heavy atom. The molecular formula is C24H42N4O3. The topological polar surface area (TPSA) is 67.4 Å². The second kappa shape index (κ2) is 15.9. The van der Waals surface area contributed by atoms with Crippen LogP contribution in [0.1, 0.15) is 38.7 Å². The SMILES string of the molecule is CCN(CC)CCOc1ccc(CNC(=NC)NCCCOCC2CCOCC2)cc1. The Morgan fingerprint density at radius 2 is 1.84 bits per heavy atom. The number of benzene rings is 1. The fourth-order valence-corrected chi connectivity index (χ4v) is 3.49. The highest BCUT2D eigenvalue weighted by molar-refractivity contribution is 5.79. The number of aliphatic imine (C=N–C) groups is 1. The second-order valence-electron chi connectivity index (χ2n) is 7.86. The molecule has 1 aromatic carbocycles. The minimum absolute atomic E-state index is 0.662. The van der Waals surface area contributed by atoms with E-state index < -0.39 is 0 Å². The molecule has 1 aliphatic rings. The van der Waals surface area contributed by atoms with E-state index in [9.17, 15) is 0 Å². The molecule has 2 rings (SSSR count). The molecule has 1 heterocycles. The summed E-state index contributed by atoms with van der Waals surface area (Å²) in [6, 6.07) is 8.25. The van der Waals surface area contributed by atoms with Crippen molar-refractivity contribution in [3.8, 4) is 5.75 Å². The molecular weight excluding hydrogens is 392 g/mol. The van der Waals surface area contributed by atoms with E-state index in [1.807, 2.05) is 12.1 Å². The largest absolute Gasteiger partial charge is 0.492 e. The number of hydrogen-bond acceptors (Lipinski definition) is 5. The maximum atomic E-state index is 5.85. The van der Waals surface area contributed by atoms with Crippen LogP contribution in [0.5, 0.6) is 5.75 Å². The molecule has 1 fully saturated rings. The third-order valence-electron chi connectivity index (χ3n) is 5.63. The first kappa shape index (κ1) is 25.4. The van der Waals surface area contributed by atoms with Crippen molar-refractivity contribution in [1.82, 2.24) is 15.5 Å². The van der Waals surface area contributed by atoms with Crippen LogP contribution in [-0.4, -0.2) is 77.1 Å². The average Bonchev–Trinajstić information content (AvgIpc) is 2.82. The number of nitrogens with zero attached hydrogens (tertiary/aromatic N) is 2. The number of ether oxygens (including phenoxy) is 3. The third-order valence-corrected chi connectivity index (χ3v) is 5.63. The molecule has 0 spiro atoms. The van der Waals surface area contributed by atoms with Crippen LogP contribution in [0, 0.1) is 5.92 Å². The van der Waals surface area contributed by atoms with E-state index in [1.54, 1.807) is 7.05 Å². The zero-order valence-electron chi connectivity index (χ0n) is 19.7. The van der Waals surface area contributed by atoms with Gasteiger partial charge >= 0.3 is 0 Å². The van der Waals surface area contributed by atoms with Crippen molar-refractivity contribution in [3.63, 3.8) is 0 Å². The van der Waals surface area contributed by atoms with Gasteiger partial charge in [0, 0.05) is 53.1 Å². The van der Waals surface area contributed by atoms with Crippen molar-refractivity contribution in [3.05, 3.63) is 29.8 Å². The van der Waals surface area contributed by atoms with Crippen LogP contribution in [0.15, 0.2) is 29.3 Å². The summed E-state index contributed by atoms with van der Waals surface area (Å²) in [5.41, 5.74) is 1.19. The molecule has 0 unspecified atom stereocenters. The first-order valence-electron chi connectivity index (χ1n) is 11.8. The van der Waals surface area contributed by atoms with Gasteiger partial charge in [-0.1, -0.05) is 26.0 Å².